The monoisotopic (exact) mass is 379 g/mol. The van der Waals surface area contributed by atoms with Crippen LogP contribution >= 0.6 is 11.6 Å². The molecule has 1 aromatic heterocycles. The van der Waals surface area contributed by atoms with Crippen LogP contribution in [-0.2, 0) is 4.74 Å². The number of hydrogen-bond donors (Lipinski definition) is 0. The lowest BCUT2D eigenvalue weighted by Crippen LogP contribution is -2.42. The summed E-state index contributed by atoms with van der Waals surface area (Å²) in [5.41, 5.74) is 2.98. The molecule has 0 saturated carbocycles. The van der Waals surface area contributed by atoms with Gasteiger partial charge in [0.25, 0.3) is 5.91 Å². The van der Waals surface area contributed by atoms with E-state index in [9.17, 15) is 4.79 Å². The number of morpholine rings is 1. The lowest BCUT2D eigenvalue weighted by molar-refractivity contribution is -0.0246. The van der Waals surface area contributed by atoms with Gasteiger partial charge in [-0.15, -0.1) is 0 Å². The van der Waals surface area contributed by atoms with E-state index in [0.29, 0.717) is 36.0 Å². The van der Waals surface area contributed by atoms with E-state index in [-0.39, 0.29) is 12.0 Å². The SMILES string of the molecule is O=C(c1ccccc1)N1CCOC(c2nccnc2-c2cccc(Cl)c2)C1. The van der Waals surface area contributed by atoms with Gasteiger partial charge in [0.15, 0.2) is 0 Å². The summed E-state index contributed by atoms with van der Waals surface area (Å²) in [7, 11) is 0. The van der Waals surface area contributed by atoms with Crippen LogP contribution in [0.15, 0.2) is 67.0 Å². The lowest BCUT2D eigenvalue weighted by Gasteiger charge is -2.33. The molecular weight excluding hydrogens is 362 g/mol. The Bertz CT molecular complexity index is 949. The fraction of sp³-hybridized carbons (Fsp3) is 0.190. The standard InChI is InChI=1S/C21H18ClN3O2/c22-17-8-4-7-16(13-17)19-20(24-10-9-23-19)18-14-25(11-12-27-18)21(26)15-5-2-1-3-6-15/h1-10,13,18H,11-12,14H2. The Hall–Kier alpha value is -2.76. The number of carbonyl (C=O) groups excluding carboxylic acids is 1. The Morgan fingerprint density at radius 2 is 1.89 bits per heavy atom. The van der Waals surface area contributed by atoms with Crippen LogP contribution < -0.4 is 0 Å². The molecule has 136 valence electrons. The zero-order valence-electron chi connectivity index (χ0n) is 14.6. The zero-order chi connectivity index (χ0) is 18.6. The maximum atomic E-state index is 12.8. The number of benzene rings is 2. The third kappa shape index (κ3) is 3.84. The molecule has 2 heterocycles. The quantitative estimate of drug-likeness (QED) is 0.690. The number of hydrogen-bond acceptors (Lipinski definition) is 4. The number of nitrogens with zero attached hydrogens (tertiary/aromatic N) is 3. The number of amides is 1. The van der Waals surface area contributed by atoms with Gasteiger partial charge in [0.05, 0.1) is 24.5 Å². The van der Waals surface area contributed by atoms with Crippen molar-refractivity contribution in [1.29, 1.82) is 0 Å². The molecule has 6 heteroatoms. The average molecular weight is 380 g/mol. The third-order valence-electron chi connectivity index (χ3n) is 4.50. The van der Waals surface area contributed by atoms with Crippen molar-refractivity contribution in [2.75, 3.05) is 19.7 Å². The summed E-state index contributed by atoms with van der Waals surface area (Å²) in [5, 5.41) is 0.634. The van der Waals surface area contributed by atoms with Crippen LogP contribution in [0.2, 0.25) is 5.02 Å². The van der Waals surface area contributed by atoms with Gasteiger partial charge in [-0.05, 0) is 24.3 Å². The van der Waals surface area contributed by atoms with Crippen molar-refractivity contribution in [2.24, 2.45) is 0 Å². The van der Waals surface area contributed by atoms with Gasteiger partial charge < -0.3 is 9.64 Å². The number of ether oxygens (including phenoxy) is 1. The molecule has 1 atom stereocenters. The Balaban J connectivity index is 1.62. The van der Waals surface area contributed by atoms with Crippen molar-refractivity contribution in [3.8, 4) is 11.3 Å². The second-order valence-corrected chi connectivity index (χ2v) is 6.71. The molecule has 0 bridgehead atoms. The van der Waals surface area contributed by atoms with Crippen molar-refractivity contribution in [3.05, 3.63) is 83.3 Å². The summed E-state index contributed by atoms with van der Waals surface area (Å²) in [6.45, 7) is 1.44. The molecule has 1 amide bonds. The van der Waals surface area contributed by atoms with E-state index in [1.807, 2.05) is 54.6 Å². The van der Waals surface area contributed by atoms with E-state index in [2.05, 4.69) is 9.97 Å². The molecule has 1 saturated heterocycles. The van der Waals surface area contributed by atoms with E-state index in [4.69, 9.17) is 16.3 Å². The molecule has 1 fully saturated rings. The second kappa shape index (κ2) is 7.86. The molecule has 0 spiro atoms. The van der Waals surface area contributed by atoms with Crippen LogP contribution in [0.3, 0.4) is 0 Å². The van der Waals surface area contributed by atoms with Gasteiger partial charge in [-0.3, -0.25) is 14.8 Å². The topological polar surface area (TPSA) is 55.3 Å². The van der Waals surface area contributed by atoms with Gasteiger partial charge in [0.2, 0.25) is 0 Å². The van der Waals surface area contributed by atoms with Gasteiger partial charge in [0.1, 0.15) is 6.10 Å². The normalized spacial score (nSPS) is 16.9. The molecule has 2 aromatic carbocycles. The highest BCUT2D eigenvalue weighted by Crippen LogP contribution is 2.30. The molecule has 0 N–H and O–H groups in total. The average Bonchev–Trinajstić information content (AvgIpc) is 2.74. The van der Waals surface area contributed by atoms with E-state index in [0.717, 1.165) is 11.3 Å². The number of halogens is 1. The van der Waals surface area contributed by atoms with Gasteiger partial charge in [0, 0.05) is 35.1 Å². The minimum absolute atomic E-state index is 0.00269. The summed E-state index contributed by atoms with van der Waals surface area (Å²) in [6.07, 6.45) is 2.95. The molecule has 4 rings (SSSR count). The van der Waals surface area contributed by atoms with Crippen LogP contribution in [0, 0.1) is 0 Å². The first kappa shape index (κ1) is 17.6. The van der Waals surface area contributed by atoms with E-state index < -0.39 is 0 Å². The molecule has 27 heavy (non-hydrogen) atoms. The molecular formula is C21H18ClN3O2. The first-order chi connectivity index (χ1) is 13.2. The molecule has 1 aliphatic heterocycles. The Kier molecular flexibility index (Phi) is 5.14. The van der Waals surface area contributed by atoms with Crippen molar-refractivity contribution >= 4 is 17.5 Å². The molecule has 1 aliphatic rings. The van der Waals surface area contributed by atoms with E-state index in [1.165, 1.54) is 0 Å². The van der Waals surface area contributed by atoms with Gasteiger partial charge >= 0.3 is 0 Å². The van der Waals surface area contributed by atoms with Crippen LogP contribution in [0.4, 0.5) is 0 Å². The fourth-order valence-electron chi connectivity index (χ4n) is 3.21. The molecule has 1 unspecified atom stereocenters. The summed E-state index contributed by atoms with van der Waals surface area (Å²) in [4.78, 5) is 23.6. The molecule has 3 aromatic rings. The summed E-state index contributed by atoms with van der Waals surface area (Å²) < 4.78 is 5.94. The maximum Gasteiger partial charge on any atom is 0.254 e. The first-order valence-electron chi connectivity index (χ1n) is 8.75. The fourth-order valence-corrected chi connectivity index (χ4v) is 3.40. The summed E-state index contributed by atoms with van der Waals surface area (Å²) in [6, 6.07) is 16.8. The minimum Gasteiger partial charge on any atom is -0.368 e. The van der Waals surface area contributed by atoms with Gasteiger partial charge in [-0.25, -0.2) is 0 Å². The third-order valence-corrected chi connectivity index (χ3v) is 4.74. The van der Waals surface area contributed by atoms with E-state index >= 15 is 0 Å². The summed E-state index contributed by atoms with van der Waals surface area (Å²) >= 11 is 6.13. The Labute approximate surface area is 162 Å². The largest absolute Gasteiger partial charge is 0.368 e. The highest BCUT2D eigenvalue weighted by Gasteiger charge is 2.29. The van der Waals surface area contributed by atoms with Gasteiger partial charge in [-0.1, -0.05) is 41.9 Å². The molecule has 0 radical (unpaired) electrons. The van der Waals surface area contributed by atoms with Crippen molar-refractivity contribution in [3.63, 3.8) is 0 Å². The number of aromatic nitrogens is 2. The maximum absolute atomic E-state index is 12.8. The van der Waals surface area contributed by atoms with Gasteiger partial charge in [-0.2, -0.15) is 0 Å². The Morgan fingerprint density at radius 1 is 1.07 bits per heavy atom. The Morgan fingerprint density at radius 3 is 2.70 bits per heavy atom. The van der Waals surface area contributed by atoms with E-state index in [1.54, 1.807) is 17.3 Å². The second-order valence-electron chi connectivity index (χ2n) is 6.28. The van der Waals surface area contributed by atoms with Crippen LogP contribution in [0.1, 0.15) is 22.2 Å². The van der Waals surface area contributed by atoms with Crippen molar-refractivity contribution < 1.29 is 9.53 Å². The predicted molar refractivity (Wildman–Crippen MR) is 104 cm³/mol. The predicted octanol–water partition coefficient (Wildman–Crippen LogP) is 4.01. The van der Waals surface area contributed by atoms with Crippen molar-refractivity contribution in [2.45, 2.75) is 6.10 Å². The number of carbonyl (C=O) groups is 1. The zero-order valence-corrected chi connectivity index (χ0v) is 15.3. The highest BCUT2D eigenvalue weighted by atomic mass is 35.5. The molecule has 0 aliphatic carbocycles. The lowest BCUT2D eigenvalue weighted by atomic mass is 10.0. The molecule has 5 nitrogen and oxygen atoms in total. The first-order valence-corrected chi connectivity index (χ1v) is 9.13. The summed E-state index contributed by atoms with van der Waals surface area (Å²) in [5.74, 6) is -0.00269. The van der Waals surface area contributed by atoms with Crippen LogP contribution in [-0.4, -0.2) is 40.5 Å². The minimum atomic E-state index is -0.339. The smallest absolute Gasteiger partial charge is 0.254 e. The van der Waals surface area contributed by atoms with Crippen LogP contribution in [0.25, 0.3) is 11.3 Å². The van der Waals surface area contributed by atoms with Crippen LogP contribution in [0.5, 0.6) is 0 Å². The highest BCUT2D eigenvalue weighted by molar-refractivity contribution is 6.30. The van der Waals surface area contributed by atoms with Crippen molar-refractivity contribution in [1.82, 2.24) is 14.9 Å². The number of rotatable bonds is 3.